The first-order chi connectivity index (χ1) is 9.89. The minimum absolute atomic E-state index is 0.0274. The standard InChI is InChI=1S/C14H19ClN2O3S/c1-10(8-15)9-21(19,20)17-13-4-2-11(3-5-13)14(18)16-12-6-7-12/h2-5,10,12,17H,6-9H2,1H3,(H,16,18). The van der Waals surface area contributed by atoms with Crippen molar-refractivity contribution in [1.82, 2.24) is 5.32 Å². The third-order valence-corrected chi connectivity index (χ3v) is 5.18. The first-order valence-corrected chi connectivity index (χ1v) is 9.05. The third kappa shape index (κ3) is 5.21. The Morgan fingerprint density at radius 3 is 2.48 bits per heavy atom. The summed E-state index contributed by atoms with van der Waals surface area (Å²) in [5.41, 5.74) is 0.971. The maximum Gasteiger partial charge on any atom is 0.251 e. The van der Waals surface area contributed by atoms with Crippen LogP contribution in [0, 0.1) is 5.92 Å². The van der Waals surface area contributed by atoms with Gasteiger partial charge in [-0.2, -0.15) is 0 Å². The van der Waals surface area contributed by atoms with E-state index in [-0.39, 0.29) is 17.6 Å². The lowest BCUT2D eigenvalue weighted by Crippen LogP contribution is -2.25. The Hall–Kier alpha value is -1.27. The highest BCUT2D eigenvalue weighted by Gasteiger charge is 2.23. The lowest BCUT2D eigenvalue weighted by molar-refractivity contribution is 0.0951. The van der Waals surface area contributed by atoms with E-state index in [1.807, 2.05) is 0 Å². The number of hydrogen-bond donors (Lipinski definition) is 2. The van der Waals surface area contributed by atoms with Crippen LogP contribution < -0.4 is 10.0 Å². The van der Waals surface area contributed by atoms with Gasteiger partial charge < -0.3 is 5.32 Å². The normalized spacial score (nSPS) is 16.3. The molecule has 1 aliphatic carbocycles. The van der Waals surface area contributed by atoms with E-state index in [0.717, 1.165) is 12.8 Å². The van der Waals surface area contributed by atoms with Crippen LogP contribution in [-0.2, 0) is 10.0 Å². The first kappa shape index (κ1) is 16.1. The van der Waals surface area contributed by atoms with Gasteiger partial charge in [-0.1, -0.05) is 6.92 Å². The van der Waals surface area contributed by atoms with E-state index in [2.05, 4.69) is 10.0 Å². The fourth-order valence-electron chi connectivity index (χ4n) is 1.83. The maximum atomic E-state index is 11.9. The number of amides is 1. The van der Waals surface area contributed by atoms with E-state index in [4.69, 9.17) is 11.6 Å². The van der Waals surface area contributed by atoms with E-state index in [0.29, 0.717) is 23.2 Å². The molecule has 1 aliphatic rings. The summed E-state index contributed by atoms with van der Waals surface area (Å²) in [7, 11) is -3.42. The molecule has 1 saturated carbocycles. The van der Waals surface area contributed by atoms with Crippen molar-refractivity contribution < 1.29 is 13.2 Å². The summed E-state index contributed by atoms with van der Waals surface area (Å²) < 4.78 is 26.3. The number of carbonyl (C=O) groups is 1. The smallest absolute Gasteiger partial charge is 0.251 e. The fraction of sp³-hybridized carbons (Fsp3) is 0.500. The SMILES string of the molecule is CC(CCl)CS(=O)(=O)Nc1ccc(C(=O)NC2CC2)cc1. The van der Waals surface area contributed by atoms with Gasteiger partial charge in [0.25, 0.3) is 5.91 Å². The second-order valence-corrected chi connectivity index (χ2v) is 7.54. The molecule has 2 rings (SSSR count). The third-order valence-electron chi connectivity index (χ3n) is 3.10. The van der Waals surface area contributed by atoms with Gasteiger partial charge in [0.15, 0.2) is 0 Å². The lowest BCUT2D eigenvalue weighted by atomic mass is 10.2. The fourth-order valence-corrected chi connectivity index (χ4v) is 3.51. The highest BCUT2D eigenvalue weighted by molar-refractivity contribution is 7.92. The zero-order valence-electron chi connectivity index (χ0n) is 11.8. The Morgan fingerprint density at radius 2 is 1.95 bits per heavy atom. The molecule has 0 heterocycles. The van der Waals surface area contributed by atoms with Crippen molar-refractivity contribution in [3.63, 3.8) is 0 Å². The zero-order chi connectivity index (χ0) is 15.5. The number of halogens is 1. The van der Waals surface area contributed by atoms with Gasteiger partial charge in [0, 0.05) is 23.2 Å². The van der Waals surface area contributed by atoms with Crippen LogP contribution in [0.2, 0.25) is 0 Å². The number of carbonyl (C=O) groups excluding carboxylic acids is 1. The van der Waals surface area contributed by atoms with Gasteiger partial charge in [-0.15, -0.1) is 11.6 Å². The van der Waals surface area contributed by atoms with Crippen LogP contribution in [0.4, 0.5) is 5.69 Å². The molecule has 7 heteroatoms. The van der Waals surface area contributed by atoms with Crippen molar-refractivity contribution in [2.24, 2.45) is 5.92 Å². The number of benzene rings is 1. The minimum atomic E-state index is -3.42. The molecule has 0 aliphatic heterocycles. The Kier molecular flexibility index (Phi) is 5.11. The molecule has 1 aromatic carbocycles. The Balaban J connectivity index is 1.96. The van der Waals surface area contributed by atoms with E-state index in [9.17, 15) is 13.2 Å². The molecule has 1 unspecified atom stereocenters. The molecule has 0 radical (unpaired) electrons. The van der Waals surface area contributed by atoms with Crippen LogP contribution in [0.25, 0.3) is 0 Å². The van der Waals surface area contributed by atoms with Crippen LogP contribution in [-0.4, -0.2) is 32.0 Å². The second-order valence-electron chi connectivity index (χ2n) is 5.47. The van der Waals surface area contributed by atoms with Gasteiger partial charge in [-0.05, 0) is 43.0 Å². The minimum Gasteiger partial charge on any atom is -0.349 e. The summed E-state index contributed by atoms with van der Waals surface area (Å²) >= 11 is 5.63. The summed E-state index contributed by atoms with van der Waals surface area (Å²) in [6, 6.07) is 6.70. The number of alkyl halides is 1. The van der Waals surface area contributed by atoms with Crippen molar-refractivity contribution >= 4 is 33.2 Å². The topological polar surface area (TPSA) is 75.3 Å². The largest absolute Gasteiger partial charge is 0.349 e. The van der Waals surface area contributed by atoms with Crippen LogP contribution in [0.3, 0.4) is 0 Å². The van der Waals surface area contributed by atoms with Crippen molar-refractivity contribution in [3.05, 3.63) is 29.8 Å². The van der Waals surface area contributed by atoms with E-state index < -0.39 is 10.0 Å². The number of nitrogens with one attached hydrogen (secondary N) is 2. The average molecular weight is 331 g/mol. The molecule has 1 fully saturated rings. The number of hydrogen-bond acceptors (Lipinski definition) is 3. The summed E-state index contributed by atoms with van der Waals surface area (Å²) in [5.74, 6) is 0.0251. The molecule has 1 amide bonds. The van der Waals surface area contributed by atoms with Crippen LogP contribution in [0.1, 0.15) is 30.1 Å². The molecule has 2 N–H and O–H groups in total. The highest BCUT2D eigenvalue weighted by Crippen LogP contribution is 2.20. The van der Waals surface area contributed by atoms with Crippen molar-refractivity contribution in [2.45, 2.75) is 25.8 Å². The van der Waals surface area contributed by atoms with Crippen molar-refractivity contribution in [3.8, 4) is 0 Å². The number of sulfonamides is 1. The molecule has 116 valence electrons. The molecule has 21 heavy (non-hydrogen) atoms. The molecule has 5 nitrogen and oxygen atoms in total. The van der Waals surface area contributed by atoms with E-state index in [1.54, 1.807) is 31.2 Å². The molecular weight excluding hydrogens is 312 g/mol. The predicted octanol–water partition coefficient (Wildman–Crippen LogP) is 2.20. The van der Waals surface area contributed by atoms with Crippen LogP contribution >= 0.6 is 11.6 Å². The van der Waals surface area contributed by atoms with Gasteiger partial charge in [0.2, 0.25) is 10.0 Å². The summed E-state index contributed by atoms with van der Waals surface area (Å²) in [6.07, 6.45) is 2.06. The molecule has 0 aromatic heterocycles. The Bertz CT molecular complexity index is 597. The van der Waals surface area contributed by atoms with Gasteiger partial charge in [0.1, 0.15) is 0 Å². The molecular formula is C14H19ClN2O3S. The van der Waals surface area contributed by atoms with Crippen LogP contribution in [0.15, 0.2) is 24.3 Å². The average Bonchev–Trinajstić information content (AvgIpc) is 3.22. The maximum absolute atomic E-state index is 11.9. The molecule has 0 bridgehead atoms. The monoisotopic (exact) mass is 330 g/mol. The van der Waals surface area contributed by atoms with E-state index in [1.165, 1.54) is 0 Å². The summed E-state index contributed by atoms with van der Waals surface area (Å²) in [4.78, 5) is 11.8. The highest BCUT2D eigenvalue weighted by atomic mass is 35.5. The van der Waals surface area contributed by atoms with Crippen molar-refractivity contribution in [1.29, 1.82) is 0 Å². The lowest BCUT2D eigenvalue weighted by Gasteiger charge is -2.11. The molecule has 1 atom stereocenters. The Labute approximate surface area is 130 Å². The quantitative estimate of drug-likeness (QED) is 0.752. The van der Waals surface area contributed by atoms with Gasteiger partial charge >= 0.3 is 0 Å². The summed E-state index contributed by atoms with van der Waals surface area (Å²) in [6.45, 7) is 1.78. The zero-order valence-corrected chi connectivity index (χ0v) is 13.4. The molecule has 0 saturated heterocycles. The summed E-state index contributed by atoms with van der Waals surface area (Å²) in [5, 5.41) is 2.88. The van der Waals surface area contributed by atoms with Crippen molar-refractivity contribution in [2.75, 3.05) is 16.4 Å². The van der Waals surface area contributed by atoms with Gasteiger partial charge in [-0.25, -0.2) is 8.42 Å². The van der Waals surface area contributed by atoms with Gasteiger partial charge in [-0.3, -0.25) is 9.52 Å². The number of rotatable bonds is 7. The number of anilines is 1. The van der Waals surface area contributed by atoms with Crippen LogP contribution in [0.5, 0.6) is 0 Å². The Morgan fingerprint density at radius 1 is 1.33 bits per heavy atom. The predicted molar refractivity (Wildman–Crippen MR) is 84.2 cm³/mol. The van der Waals surface area contributed by atoms with E-state index >= 15 is 0 Å². The first-order valence-electron chi connectivity index (χ1n) is 6.87. The molecule has 0 spiro atoms. The van der Waals surface area contributed by atoms with Gasteiger partial charge in [0.05, 0.1) is 5.75 Å². The second kappa shape index (κ2) is 6.66. The molecule has 1 aromatic rings.